The molecule has 0 saturated carbocycles. The van der Waals surface area contributed by atoms with Crippen LogP contribution in [0.1, 0.15) is 16.8 Å². The molecule has 0 bridgehead atoms. The summed E-state index contributed by atoms with van der Waals surface area (Å²) in [5.74, 6) is -1.43. The van der Waals surface area contributed by atoms with Crippen LogP contribution in [0.2, 0.25) is 0 Å². The van der Waals surface area contributed by atoms with Gasteiger partial charge in [0.1, 0.15) is 11.8 Å². The summed E-state index contributed by atoms with van der Waals surface area (Å²) in [5, 5.41) is 20.0. The molecule has 104 valence electrons. The summed E-state index contributed by atoms with van der Waals surface area (Å²) < 4.78 is 5.80. The lowest BCUT2D eigenvalue weighted by Crippen LogP contribution is -2.41. The van der Waals surface area contributed by atoms with E-state index in [0.29, 0.717) is 5.75 Å². The van der Waals surface area contributed by atoms with Crippen LogP contribution >= 0.6 is 15.9 Å². The van der Waals surface area contributed by atoms with Crippen molar-refractivity contribution in [3.63, 3.8) is 0 Å². The number of ether oxygens (including phenoxy) is 1. The van der Waals surface area contributed by atoms with Crippen molar-refractivity contribution in [3.8, 4) is 5.75 Å². The summed E-state index contributed by atoms with van der Waals surface area (Å²) in [7, 11) is 1.42. The number of aliphatic hydroxyl groups excluding tert-OH is 1. The first-order valence-electron chi connectivity index (χ1n) is 5.47. The lowest BCUT2D eigenvalue weighted by atomic mass is 10.1. The number of amides is 1. The highest BCUT2D eigenvalue weighted by atomic mass is 79.9. The molecule has 0 aromatic heterocycles. The molecule has 0 radical (unpaired) electrons. The number of aliphatic hydroxyl groups is 1. The summed E-state index contributed by atoms with van der Waals surface area (Å²) >= 11 is 3.25. The van der Waals surface area contributed by atoms with Crippen molar-refractivity contribution in [1.29, 1.82) is 0 Å². The molecule has 1 rings (SSSR count). The monoisotopic (exact) mass is 331 g/mol. The molecule has 0 aliphatic rings. The van der Waals surface area contributed by atoms with Gasteiger partial charge in [-0.3, -0.25) is 4.79 Å². The Bertz CT molecular complexity index is 477. The average Bonchev–Trinajstić information content (AvgIpc) is 2.37. The van der Waals surface area contributed by atoms with Crippen LogP contribution in [0.4, 0.5) is 0 Å². The summed E-state index contributed by atoms with van der Waals surface area (Å²) in [6.45, 7) is -0.325. The molecule has 0 spiro atoms. The van der Waals surface area contributed by atoms with E-state index in [4.69, 9.17) is 14.9 Å². The number of carboxylic acid groups (broad SMARTS) is 1. The van der Waals surface area contributed by atoms with E-state index in [-0.39, 0.29) is 18.6 Å². The van der Waals surface area contributed by atoms with Crippen molar-refractivity contribution in [3.05, 3.63) is 28.2 Å². The topological polar surface area (TPSA) is 95.9 Å². The fourth-order valence-electron chi connectivity index (χ4n) is 1.48. The zero-order valence-electron chi connectivity index (χ0n) is 10.2. The minimum atomic E-state index is -1.20. The fourth-order valence-corrected chi connectivity index (χ4v) is 1.82. The van der Waals surface area contributed by atoms with Gasteiger partial charge in [-0.25, -0.2) is 4.79 Å². The number of carbonyl (C=O) groups is 2. The van der Waals surface area contributed by atoms with Gasteiger partial charge in [-0.15, -0.1) is 0 Å². The number of rotatable bonds is 6. The smallest absolute Gasteiger partial charge is 0.326 e. The Labute approximate surface area is 118 Å². The van der Waals surface area contributed by atoms with Gasteiger partial charge in [0, 0.05) is 17.5 Å². The zero-order valence-corrected chi connectivity index (χ0v) is 11.8. The Hall–Kier alpha value is -1.60. The van der Waals surface area contributed by atoms with Gasteiger partial charge in [0.2, 0.25) is 0 Å². The SMILES string of the molecule is COc1cc(Br)ccc1C(=O)N[C@H](CCO)C(=O)O. The third kappa shape index (κ3) is 4.22. The number of carboxylic acids is 1. The Kier molecular flexibility index (Phi) is 5.78. The van der Waals surface area contributed by atoms with Gasteiger partial charge < -0.3 is 20.3 Å². The van der Waals surface area contributed by atoms with Crippen molar-refractivity contribution in [1.82, 2.24) is 5.32 Å². The second kappa shape index (κ2) is 7.10. The molecule has 1 amide bonds. The molecule has 0 heterocycles. The molecule has 0 aliphatic heterocycles. The molecule has 3 N–H and O–H groups in total. The Morgan fingerprint density at radius 3 is 2.68 bits per heavy atom. The highest BCUT2D eigenvalue weighted by Gasteiger charge is 2.21. The van der Waals surface area contributed by atoms with Crippen LogP contribution in [0, 0.1) is 0 Å². The van der Waals surface area contributed by atoms with Crippen LogP contribution in [-0.4, -0.2) is 41.8 Å². The van der Waals surface area contributed by atoms with Crippen molar-refractivity contribution in [2.24, 2.45) is 0 Å². The third-order valence-electron chi connectivity index (χ3n) is 2.43. The van der Waals surface area contributed by atoms with Crippen LogP contribution in [0.5, 0.6) is 5.75 Å². The first-order valence-corrected chi connectivity index (χ1v) is 6.27. The van der Waals surface area contributed by atoms with Gasteiger partial charge in [0.25, 0.3) is 5.91 Å². The van der Waals surface area contributed by atoms with E-state index in [0.717, 1.165) is 4.47 Å². The predicted octanol–water partition coefficient (Wildman–Crippen LogP) is 1.02. The zero-order chi connectivity index (χ0) is 14.4. The lowest BCUT2D eigenvalue weighted by Gasteiger charge is -2.14. The summed E-state index contributed by atoms with van der Waals surface area (Å²) in [6.07, 6.45) is -0.0556. The molecule has 6 nitrogen and oxygen atoms in total. The molecular formula is C12H14BrNO5. The van der Waals surface area contributed by atoms with Crippen LogP contribution in [-0.2, 0) is 4.79 Å². The minimum Gasteiger partial charge on any atom is -0.496 e. The standard InChI is InChI=1S/C12H14BrNO5/c1-19-10-6-7(13)2-3-8(10)11(16)14-9(4-5-15)12(17)18/h2-3,6,9,15H,4-5H2,1H3,(H,14,16)(H,17,18)/t9-/m1/s1. The van der Waals surface area contributed by atoms with Crippen LogP contribution in [0.3, 0.4) is 0 Å². The molecule has 1 aromatic carbocycles. The van der Waals surface area contributed by atoms with Crippen molar-refractivity contribution in [2.45, 2.75) is 12.5 Å². The Morgan fingerprint density at radius 1 is 1.47 bits per heavy atom. The molecular weight excluding hydrogens is 318 g/mol. The van der Waals surface area contributed by atoms with Crippen molar-refractivity contribution in [2.75, 3.05) is 13.7 Å². The van der Waals surface area contributed by atoms with E-state index in [9.17, 15) is 9.59 Å². The number of aliphatic carboxylic acids is 1. The third-order valence-corrected chi connectivity index (χ3v) is 2.92. The van der Waals surface area contributed by atoms with E-state index >= 15 is 0 Å². The molecule has 0 saturated heterocycles. The van der Waals surface area contributed by atoms with Gasteiger partial charge in [-0.2, -0.15) is 0 Å². The summed E-state index contributed by atoms with van der Waals surface area (Å²) in [6, 6.07) is 3.65. The normalized spacial score (nSPS) is 11.7. The molecule has 0 aliphatic carbocycles. The predicted molar refractivity (Wildman–Crippen MR) is 71.3 cm³/mol. The quantitative estimate of drug-likeness (QED) is 0.723. The first-order chi connectivity index (χ1) is 8.99. The summed E-state index contributed by atoms with van der Waals surface area (Å²) in [5.41, 5.74) is 0.231. The molecule has 0 fully saturated rings. The van der Waals surface area contributed by atoms with E-state index in [1.165, 1.54) is 13.2 Å². The van der Waals surface area contributed by atoms with Gasteiger partial charge in [-0.05, 0) is 18.2 Å². The number of methoxy groups -OCH3 is 1. The Morgan fingerprint density at radius 2 is 2.16 bits per heavy atom. The van der Waals surface area contributed by atoms with E-state index in [2.05, 4.69) is 21.2 Å². The fraction of sp³-hybridized carbons (Fsp3) is 0.333. The van der Waals surface area contributed by atoms with Crippen molar-refractivity contribution >= 4 is 27.8 Å². The molecule has 0 unspecified atom stereocenters. The Balaban J connectivity index is 2.91. The van der Waals surface area contributed by atoms with Gasteiger partial charge >= 0.3 is 5.97 Å². The number of benzene rings is 1. The van der Waals surface area contributed by atoms with Crippen molar-refractivity contribution < 1.29 is 24.5 Å². The maximum absolute atomic E-state index is 12.0. The summed E-state index contributed by atoms with van der Waals surface area (Å²) in [4.78, 5) is 22.9. The highest BCUT2D eigenvalue weighted by Crippen LogP contribution is 2.23. The maximum Gasteiger partial charge on any atom is 0.326 e. The van der Waals surface area contributed by atoms with E-state index in [1.807, 2.05) is 0 Å². The van der Waals surface area contributed by atoms with Crippen LogP contribution in [0.25, 0.3) is 0 Å². The second-order valence-electron chi connectivity index (χ2n) is 3.72. The van der Waals surface area contributed by atoms with E-state index < -0.39 is 17.9 Å². The molecule has 1 aromatic rings. The highest BCUT2D eigenvalue weighted by molar-refractivity contribution is 9.10. The number of hydrogen-bond donors (Lipinski definition) is 3. The van der Waals surface area contributed by atoms with E-state index in [1.54, 1.807) is 12.1 Å². The largest absolute Gasteiger partial charge is 0.496 e. The molecule has 1 atom stereocenters. The van der Waals surface area contributed by atoms with Gasteiger partial charge in [0.15, 0.2) is 0 Å². The maximum atomic E-state index is 12.0. The number of carbonyl (C=O) groups excluding carboxylic acids is 1. The average molecular weight is 332 g/mol. The minimum absolute atomic E-state index is 0.0556. The van der Waals surface area contributed by atoms with Crippen LogP contribution in [0.15, 0.2) is 22.7 Å². The number of hydrogen-bond acceptors (Lipinski definition) is 4. The molecule has 19 heavy (non-hydrogen) atoms. The molecule has 7 heteroatoms. The number of nitrogens with one attached hydrogen (secondary N) is 1. The van der Waals surface area contributed by atoms with Gasteiger partial charge in [-0.1, -0.05) is 15.9 Å². The number of halogens is 1. The lowest BCUT2D eigenvalue weighted by molar-refractivity contribution is -0.139. The second-order valence-corrected chi connectivity index (χ2v) is 4.64. The van der Waals surface area contributed by atoms with Crippen LogP contribution < -0.4 is 10.1 Å². The first kappa shape index (κ1) is 15.5. The van der Waals surface area contributed by atoms with Gasteiger partial charge in [0.05, 0.1) is 12.7 Å².